The number of aromatic nitrogens is 2. The molecule has 0 radical (unpaired) electrons. The van der Waals surface area contributed by atoms with E-state index in [-0.39, 0.29) is 13.2 Å². The first-order chi connectivity index (χ1) is 15.5. The molecule has 0 bridgehead atoms. The highest BCUT2D eigenvalue weighted by Crippen LogP contribution is 2.23. The molecular formula is C24H29N3O5. The van der Waals surface area contributed by atoms with E-state index in [1.807, 2.05) is 50.2 Å². The zero-order valence-electron chi connectivity index (χ0n) is 18.7. The summed E-state index contributed by atoms with van der Waals surface area (Å²) in [4.78, 5) is 22.0. The standard InChI is InChI=1S/C24H29N3O5/c1-4-21-17(2)25-23(32-21)11-10-19-14-20(31-16-18-8-6-5-7-9-18)15-22(26-19)27(24(28)29)12-13-30-3/h5-9,14-15H,4,10-13,16H2,1-3H3,(H,28,29). The molecule has 0 atom stereocenters. The number of carboxylic acid groups (broad SMARTS) is 1. The van der Waals surface area contributed by atoms with Gasteiger partial charge in [-0.2, -0.15) is 0 Å². The van der Waals surface area contributed by atoms with E-state index in [2.05, 4.69) is 9.97 Å². The lowest BCUT2D eigenvalue weighted by atomic mass is 10.2. The number of ether oxygens (including phenoxy) is 2. The predicted octanol–water partition coefficient (Wildman–Crippen LogP) is 4.44. The molecule has 0 spiro atoms. The average Bonchev–Trinajstić information content (AvgIpc) is 3.16. The molecule has 1 N–H and O–H groups in total. The fourth-order valence-corrected chi connectivity index (χ4v) is 3.28. The van der Waals surface area contributed by atoms with Crippen LogP contribution in [0.4, 0.5) is 10.6 Å². The number of rotatable bonds is 11. The molecule has 3 rings (SSSR count). The Morgan fingerprint density at radius 2 is 1.94 bits per heavy atom. The number of hydrogen-bond donors (Lipinski definition) is 1. The fourth-order valence-electron chi connectivity index (χ4n) is 3.28. The minimum Gasteiger partial charge on any atom is -0.489 e. The minimum atomic E-state index is -1.10. The van der Waals surface area contributed by atoms with Crippen LogP contribution in [0.1, 0.15) is 35.5 Å². The van der Waals surface area contributed by atoms with Gasteiger partial charge in [0.05, 0.1) is 18.8 Å². The Balaban J connectivity index is 1.83. The molecule has 8 nitrogen and oxygen atoms in total. The second kappa shape index (κ2) is 11.3. The molecule has 0 unspecified atom stereocenters. The lowest BCUT2D eigenvalue weighted by molar-refractivity contribution is 0.186. The number of anilines is 1. The normalized spacial score (nSPS) is 10.8. The summed E-state index contributed by atoms with van der Waals surface area (Å²) in [6.45, 7) is 4.75. The van der Waals surface area contributed by atoms with E-state index in [1.54, 1.807) is 6.07 Å². The molecule has 170 valence electrons. The molecule has 0 aliphatic rings. The molecule has 32 heavy (non-hydrogen) atoms. The molecule has 1 aromatic carbocycles. The van der Waals surface area contributed by atoms with E-state index in [0.717, 1.165) is 28.3 Å². The molecule has 1 amide bonds. The number of nitrogens with zero attached hydrogens (tertiary/aromatic N) is 3. The van der Waals surface area contributed by atoms with E-state index in [4.69, 9.17) is 13.9 Å². The van der Waals surface area contributed by atoms with Gasteiger partial charge in [0, 0.05) is 37.8 Å². The van der Waals surface area contributed by atoms with E-state index in [0.29, 0.717) is 42.6 Å². The SMILES string of the molecule is CCc1oc(CCc2cc(OCc3ccccc3)cc(N(CCOC)C(=O)O)n2)nc1C. The number of pyridine rings is 1. The maximum absolute atomic E-state index is 11.8. The van der Waals surface area contributed by atoms with Crippen molar-refractivity contribution in [2.45, 2.75) is 39.7 Å². The molecule has 3 aromatic rings. The molecular weight excluding hydrogens is 410 g/mol. The maximum atomic E-state index is 11.8. The molecule has 0 saturated carbocycles. The first-order valence-electron chi connectivity index (χ1n) is 10.6. The number of carbonyl (C=O) groups is 1. The third-order valence-electron chi connectivity index (χ3n) is 4.97. The number of aryl methyl sites for hydroxylation is 4. The Morgan fingerprint density at radius 3 is 2.59 bits per heavy atom. The van der Waals surface area contributed by atoms with Gasteiger partial charge in [-0.05, 0) is 18.9 Å². The monoisotopic (exact) mass is 439 g/mol. The molecule has 0 aliphatic carbocycles. The summed E-state index contributed by atoms with van der Waals surface area (Å²) in [5.74, 6) is 2.38. The van der Waals surface area contributed by atoms with Gasteiger partial charge in [-0.3, -0.25) is 4.90 Å². The highest BCUT2D eigenvalue weighted by atomic mass is 16.5. The quantitative estimate of drug-likeness (QED) is 0.472. The number of oxazole rings is 1. The third-order valence-corrected chi connectivity index (χ3v) is 4.97. The van der Waals surface area contributed by atoms with Gasteiger partial charge in [0.25, 0.3) is 0 Å². The average molecular weight is 440 g/mol. The summed E-state index contributed by atoms with van der Waals surface area (Å²) >= 11 is 0. The number of amides is 1. The zero-order valence-corrected chi connectivity index (χ0v) is 18.7. The van der Waals surface area contributed by atoms with E-state index < -0.39 is 6.09 Å². The second-order valence-corrected chi connectivity index (χ2v) is 7.32. The van der Waals surface area contributed by atoms with Gasteiger partial charge >= 0.3 is 6.09 Å². The van der Waals surface area contributed by atoms with Crippen molar-refractivity contribution < 1.29 is 23.8 Å². The lowest BCUT2D eigenvalue weighted by Crippen LogP contribution is -2.33. The van der Waals surface area contributed by atoms with Crippen molar-refractivity contribution in [1.82, 2.24) is 9.97 Å². The van der Waals surface area contributed by atoms with Gasteiger partial charge in [0.2, 0.25) is 0 Å². The van der Waals surface area contributed by atoms with Crippen LogP contribution in [0.3, 0.4) is 0 Å². The Hall–Kier alpha value is -3.39. The van der Waals surface area contributed by atoms with Crippen LogP contribution >= 0.6 is 0 Å². The molecule has 0 saturated heterocycles. The largest absolute Gasteiger partial charge is 0.489 e. The molecule has 2 aromatic heterocycles. The van der Waals surface area contributed by atoms with Crippen molar-refractivity contribution in [3.8, 4) is 5.75 Å². The highest BCUT2D eigenvalue weighted by molar-refractivity contribution is 5.84. The topological polar surface area (TPSA) is 97.9 Å². The van der Waals surface area contributed by atoms with Gasteiger partial charge in [-0.15, -0.1) is 0 Å². The summed E-state index contributed by atoms with van der Waals surface area (Å²) in [5.41, 5.74) is 2.61. The van der Waals surface area contributed by atoms with Crippen LogP contribution in [0.25, 0.3) is 0 Å². The summed E-state index contributed by atoms with van der Waals surface area (Å²) in [6, 6.07) is 13.3. The molecule has 0 fully saturated rings. The fraction of sp³-hybridized carbons (Fsp3) is 0.375. The van der Waals surface area contributed by atoms with Crippen molar-refractivity contribution in [2.75, 3.05) is 25.2 Å². The van der Waals surface area contributed by atoms with Crippen LogP contribution in [0.5, 0.6) is 5.75 Å². The van der Waals surface area contributed by atoms with Crippen LogP contribution in [0, 0.1) is 6.92 Å². The van der Waals surface area contributed by atoms with Crippen molar-refractivity contribution >= 4 is 11.9 Å². The van der Waals surface area contributed by atoms with Gasteiger partial charge in [0.1, 0.15) is 23.9 Å². The molecule has 2 heterocycles. The first-order valence-corrected chi connectivity index (χ1v) is 10.6. The summed E-state index contributed by atoms with van der Waals surface area (Å²) in [7, 11) is 1.53. The third kappa shape index (κ3) is 6.31. The minimum absolute atomic E-state index is 0.166. The second-order valence-electron chi connectivity index (χ2n) is 7.32. The summed E-state index contributed by atoms with van der Waals surface area (Å²) in [6.07, 6.45) is 0.783. The Morgan fingerprint density at radius 1 is 1.16 bits per heavy atom. The van der Waals surface area contributed by atoms with E-state index in [1.165, 1.54) is 7.11 Å². The lowest BCUT2D eigenvalue weighted by Gasteiger charge is -2.19. The van der Waals surface area contributed by atoms with Gasteiger partial charge < -0.3 is 19.0 Å². The van der Waals surface area contributed by atoms with Crippen molar-refractivity contribution in [3.63, 3.8) is 0 Å². The smallest absolute Gasteiger partial charge is 0.413 e. The Bertz CT molecular complexity index is 1020. The summed E-state index contributed by atoms with van der Waals surface area (Å²) in [5, 5.41) is 9.68. The summed E-state index contributed by atoms with van der Waals surface area (Å²) < 4.78 is 16.8. The van der Waals surface area contributed by atoms with Gasteiger partial charge in [0.15, 0.2) is 5.89 Å². The van der Waals surface area contributed by atoms with Crippen molar-refractivity contribution in [1.29, 1.82) is 0 Å². The first kappa shape index (κ1) is 23.3. The number of benzene rings is 1. The van der Waals surface area contributed by atoms with Crippen LogP contribution in [0.15, 0.2) is 46.9 Å². The van der Waals surface area contributed by atoms with E-state index in [9.17, 15) is 9.90 Å². The Kier molecular flexibility index (Phi) is 8.21. The number of methoxy groups -OCH3 is 1. The van der Waals surface area contributed by atoms with E-state index >= 15 is 0 Å². The maximum Gasteiger partial charge on any atom is 0.413 e. The predicted molar refractivity (Wildman–Crippen MR) is 120 cm³/mol. The van der Waals surface area contributed by atoms with Crippen LogP contribution in [-0.4, -0.2) is 41.4 Å². The van der Waals surface area contributed by atoms with Gasteiger partial charge in [-0.1, -0.05) is 37.3 Å². The molecule has 0 aliphatic heterocycles. The van der Waals surface area contributed by atoms with Crippen molar-refractivity contribution in [2.24, 2.45) is 0 Å². The zero-order chi connectivity index (χ0) is 22.9. The van der Waals surface area contributed by atoms with Crippen molar-refractivity contribution in [3.05, 3.63) is 71.1 Å². The number of hydrogen-bond acceptors (Lipinski definition) is 6. The highest BCUT2D eigenvalue weighted by Gasteiger charge is 2.18. The van der Waals surface area contributed by atoms with Crippen LogP contribution in [0.2, 0.25) is 0 Å². The Labute approximate surface area is 187 Å². The van der Waals surface area contributed by atoms with Gasteiger partial charge in [-0.25, -0.2) is 14.8 Å². The van der Waals surface area contributed by atoms with Crippen LogP contribution in [-0.2, 0) is 30.6 Å². The van der Waals surface area contributed by atoms with Crippen LogP contribution < -0.4 is 9.64 Å². The molecule has 8 heteroatoms.